The first kappa shape index (κ1) is 24.3. The zero-order chi connectivity index (χ0) is 23.6. The molecule has 174 valence electrons. The molecule has 1 aliphatic carbocycles. The molecule has 1 aliphatic rings. The van der Waals surface area contributed by atoms with E-state index in [0.29, 0.717) is 18.2 Å². The van der Waals surface area contributed by atoms with Crippen LogP contribution in [-0.2, 0) is 16.1 Å². The lowest BCUT2D eigenvalue weighted by Crippen LogP contribution is -2.30. The normalized spacial score (nSPS) is 13.8. The summed E-state index contributed by atoms with van der Waals surface area (Å²) in [5.41, 5.74) is 4.28. The van der Waals surface area contributed by atoms with Crippen LogP contribution in [0.2, 0.25) is 0 Å². The molecule has 3 aromatic rings. The Morgan fingerprint density at radius 3 is 2.21 bits per heavy atom. The topological polar surface area (TPSA) is 94.3 Å². The predicted molar refractivity (Wildman–Crippen MR) is 128 cm³/mol. The lowest BCUT2D eigenvalue weighted by molar-refractivity contribution is -0.141. The van der Waals surface area contributed by atoms with Crippen molar-refractivity contribution in [2.24, 2.45) is 5.92 Å². The van der Waals surface area contributed by atoms with Crippen LogP contribution in [0.15, 0.2) is 59.4 Å². The lowest BCUT2D eigenvalue weighted by Gasteiger charge is -2.22. The number of carbonyl (C=O) groups is 1. The van der Waals surface area contributed by atoms with Gasteiger partial charge in [0.2, 0.25) is 0 Å². The van der Waals surface area contributed by atoms with Crippen molar-refractivity contribution < 1.29 is 14.6 Å². The van der Waals surface area contributed by atoms with Crippen LogP contribution in [-0.4, -0.2) is 39.6 Å². The number of aryl methyl sites for hydroxylation is 1. The van der Waals surface area contributed by atoms with Crippen molar-refractivity contribution in [1.82, 2.24) is 14.8 Å². The summed E-state index contributed by atoms with van der Waals surface area (Å²) in [6, 6.07) is 18.1. The monoisotopic (exact) mass is 449 g/mol. The van der Waals surface area contributed by atoms with Crippen LogP contribution in [0.1, 0.15) is 37.7 Å². The number of nitrogens with zero attached hydrogens (tertiary/aromatic N) is 3. The van der Waals surface area contributed by atoms with Crippen molar-refractivity contribution in [1.29, 1.82) is 0 Å². The molecule has 7 nitrogen and oxygen atoms in total. The summed E-state index contributed by atoms with van der Waals surface area (Å²) in [6.07, 6.45) is 6.15. The van der Waals surface area contributed by atoms with Crippen LogP contribution in [0, 0.1) is 12.8 Å². The van der Waals surface area contributed by atoms with Crippen molar-refractivity contribution in [3.63, 3.8) is 0 Å². The number of carboxylic acid groups (broad SMARTS) is 1. The van der Waals surface area contributed by atoms with Gasteiger partial charge in [0.05, 0.1) is 0 Å². The average Bonchev–Trinajstić information content (AvgIpc) is 2.82. The Morgan fingerprint density at radius 2 is 1.64 bits per heavy atom. The molecule has 1 N–H and O–H groups in total. The highest BCUT2D eigenvalue weighted by Crippen LogP contribution is 2.29. The van der Waals surface area contributed by atoms with Gasteiger partial charge in [0, 0.05) is 24.8 Å². The first-order valence-electron chi connectivity index (χ1n) is 11.3. The van der Waals surface area contributed by atoms with E-state index in [1.54, 1.807) is 4.68 Å². The molecule has 0 aliphatic heterocycles. The van der Waals surface area contributed by atoms with Gasteiger partial charge in [-0.1, -0.05) is 79.4 Å². The highest BCUT2D eigenvalue weighted by Gasteiger charge is 2.19. The number of methoxy groups -OCH3 is 1. The summed E-state index contributed by atoms with van der Waals surface area (Å²) in [7, 11) is 1.34. The Hall–Kier alpha value is -3.32. The van der Waals surface area contributed by atoms with Gasteiger partial charge >= 0.3 is 11.7 Å². The molecule has 0 saturated heterocycles. The molecule has 2 aromatic carbocycles. The molecule has 0 spiro atoms. The van der Waals surface area contributed by atoms with Gasteiger partial charge in [-0.05, 0) is 25.7 Å². The van der Waals surface area contributed by atoms with E-state index in [9.17, 15) is 9.59 Å². The summed E-state index contributed by atoms with van der Waals surface area (Å²) in [5, 5.41) is 12.6. The van der Waals surface area contributed by atoms with E-state index in [1.807, 2.05) is 30.3 Å². The Kier molecular flexibility index (Phi) is 8.89. The van der Waals surface area contributed by atoms with Gasteiger partial charge in [0.25, 0.3) is 0 Å². The minimum Gasteiger partial charge on any atom is -0.480 e. The predicted octanol–water partition coefficient (Wildman–Crippen LogP) is 4.58. The first-order chi connectivity index (χ1) is 16.0. The molecule has 4 rings (SSSR count). The Balaban J connectivity index is 0.000000454. The third-order valence-electron chi connectivity index (χ3n) is 5.67. The van der Waals surface area contributed by atoms with E-state index in [1.165, 1.54) is 44.8 Å². The smallest absolute Gasteiger partial charge is 0.364 e. The number of aliphatic carboxylic acids is 1. The fourth-order valence-electron chi connectivity index (χ4n) is 3.98. The third-order valence-corrected chi connectivity index (χ3v) is 5.67. The van der Waals surface area contributed by atoms with Gasteiger partial charge in [-0.15, -0.1) is 0 Å². The molecule has 1 heterocycles. The maximum atomic E-state index is 12.7. The molecule has 0 bridgehead atoms. The van der Waals surface area contributed by atoms with Crippen LogP contribution < -0.4 is 5.69 Å². The third kappa shape index (κ3) is 7.08. The van der Waals surface area contributed by atoms with Crippen LogP contribution >= 0.6 is 0 Å². The number of benzene rings is 2. The average molecular weight is 450 g/mol. The summed E-state index contributed by atoms with van der Waals surface area (Å²) >= 11 is 0. The van der Waals surface area contributed by atoms with E-state index >= 15 is 0 Å². The number of ether oxygens (including phenoxy) is 1. The van der Waals surface area contributed by atoms with Crippen molar-refractivity contribution in [2.75, 3.05) is 13.7 Å². The van der Waals surface area contributed by atoms with Gasteiger partial charge in [-0.2, -0.15) is 10.1 Å². The molecule has 1 fully saturated rings. The molecule has 33 heavy (non-hydrogen) atoms. The van der Waals surface area contributed by atoms with Crippen molar-refractivity contribution in [3.8, 4) is 22.5 Å². The van der Waals surface area contributed by atoms with E-state index in [2.05, 4.69) is 40.9 Å². The minimum atomic E-state index is -0.933. The summed E-state index contributed by atoms with van der Waals surface area (Å²) < 4.78 is 5.78. The van der Waals surface area contributed by atoms with Gasteiger partial charge in [-0.25, -0.2) is 14.3 Å². The van der Waals surface area contributed by atoms with Crippen molar-refractivity contribution >= 4 is 5.97 Å². The molecular weight excluding hydrogens is 418 g/mol. The largest absolute Gasteiger partial charge is 0.480 e. The number of aromatic nitrogens is 3. The fourth-order valence-corrected chi connectivity index (χ4v) is 3.98. The minimum absolute atomic E-state index is 0.208. The van der Waals surface area contributed by atoms with Crippen molar-refractivity contribution in [3.05, 3.63) is 70.6 Å². The molecule has 1 saturated carbocycles. The maximum absolute atomic E-state index is 12.7. The van der Waals surface area contributed by atoms with Crippen molar-refractivity contribution in [2.45, 2.75) is 45.6 Å². The number of hydrogen-bond donors (Lipinski definition) is 1. The Labute approximate surface area is 194 Å². The van der Waals surface area contributed by atoms with Crippen LogP contribution in [0.5, 0.6) is 0 Å². The Morgan fingerprint density at radius 1 is 1.00 bits per heavy atom. The zero-order valence-corrected chi connectivity index (χ0v) is 19.2. The molecule has 7 heteroatoms. The quantitative estimate of drug-likeness (QED) is 0.592. The molecule has 0 unspecified atom stereocenters. The molecule has 0 radical (unpaired) electrons. The van der Waals surface area contributed by atoms with Gasteiger partial charge in [-0.3, -0.25) is 0 Å². The van der Waals surface area contributed by atoms with Gasteiger partial charge in [0.1, 0.15) is 18.0 Å². The molecular formula is C26H31N3O4. The summed E-state index contributed by atoms with van der Waals surface area (Å²) in [5.74, 6) is -0.406. The first-order valence-corrected chi connectivity index (χ1v) is 11.3. The number of rotatable bonds is 6. The van der Waals surface area contributed by atoms with Crippen LogP contribution in [0.3, 0.4) is 0 Å². The second kappa shape index (κ2) is 12.1. The SMILES string of the molecule is COCC(=O)O.Cc1ccc(-c2nn(CC3CCCCC3)c(=O)nc2-c2ccccc2)cc1. The zero-order valence-electron chi connectivity index (χ0n) is 19.2. The molecule has 0 atom stereocenters. The van der Waals surface area contributed by atoms with Crippen LogP contribution in [0.25, 0.3) is 22.5 Å². The second-order valence-corrected chi connectivity index (χ2v) is 8.34. The van der Waals surface area contributed by atoms with Gasteiger partial charge in [0.15, 0.2) is 0 Å². The number of carboxylic acids is 1. The standard InChI is InChI=1S/C23H25N3O.C3H6O3/c1-17-12-14-20(15-13-17)22-21(19-10-6-3-7-11-19)24-23(27)26(25-22)16-18-8-4-2-5-9-18;1-6-2-3(4)5/h3,6-7,10-15,18H,2,4-5,8-9,16H2,1H3;2H2,1H3,(H,4,5). The van der Waals surface area contributed by atoms with E-state index in [0.717, 1.165) is 16.8 Å². The van der Waals surface area contributed by atoms with Gasteiger partial charge < -0.3 is 9.84 Å². The highest BCUT2D eigenvalue weighted by atomic mass is 16.5. The summed E-state index contributed by atoms with van der Waals surface area (Å²) in [4.78, 5) is 26.6. The summed E-state index contributed by atoms with van der Waals surface area (Å²) in [6.45, 7) is 2.53. The Bertz CT molecular complexity index is 1090. The lowest BCUT2D eigenvalue weighted by atomic mass is 9.89. The second-order valence-electron chi connectivity index (χ2n) is 8.34. The van der Waals surface area contributed by atoms with E-state index < -0.39 is 5.97 Å². The molecule has 0 amide bonds. The molecule has 1 aromatic heterocycles. The number of hydrogen-bond acceptors (Lipinski definition) is 5. The fraction of sp³-hybridized carbons (Fsp3) is 0.385. The highest BCUT2D eigenvalue weighted by molar-refractivity contribution is 5.77. The van der Waals surface area contributed by atoms with E-state index in [4.69, 9.17) is 10.2 Å². The van der Waals surface area contributed by atoms with Crippen LogP contribution in [0.4, 0.5) is 0 Å². The maximum Gasteiger partial charge on any atom is 0.364 e. The van der Waals surface area contributed by atoms with E-state index in [-0.39, 0.29) is 12.3 Å².